The van der Waals surface area contributed by atoms with Gasteiger partial charge in [0.1, 0.15) is 55.4 Å². The molecule has 2 saturated heterocycles. The summed E-state index contributed by atoms with van der Waals surface area (Å²) >= 11 is 0. The highest BCUT2D eigenvalue weighted by Crippen LogP contribution is 2.26. The third-order valence-corrected chi connectivity index (χ3v) is 11.7. The van der Waals surface area contributed by atoms with Crippen molar-refractivity contribution in [2.75, 3.05) is 26.4 Å². The molecule has 0 radical (unpaired) electrons. The summed E-state index contributed by atoms with van der Waals surface area (Å²) in [4.78, 5) is 25.7. The summed E-state index contributed by atoms with van der Waals surface area (Å²) in [7, 11) is 0. The molecule has 0 saturated carbocycles. The molecule has 0 aliphatic carbocycles. The van der Waals surface area contributed by atoms with E-state index in [0.717, 1.165) is 103 Å². The molecule has 386 valence electrons. The topological polar surface area (TPSA) is 231 Å². The van der Waals surface area contributed by atoms with Gasteiger partial charge in [-0.2, -0.15) is 0 Å². The first-order chi connectivity index (χ1) is 32.5. The molecule has 7 N–H and O–H groups in total. The van der Waals surface area contributed by atoms with Crippen molar-refractivity contribution in [3.05, 3.63) is 60.8 Å². The number of aliphatic hydroxyl groups excluding tert-OH is 7. The van der Waals surface area contributed by atoms with E-state index < -0.39 is 99.3 Å². The monoisotopic (exact) mass is 953 g/mol. The second kappa shape index (κ2) is 39.0. The highest BCUT2D eigenvalue weighted by atomic mass is 16.7. The largest absolute Gasteiger partial charge is 0.462 e. The van der Waals surface area contributed by atoms with Crippen LogP contribution in [0.1, 0.15) is 162 Å². The van der Waals surface area contributed by atoms with Crippen LogP contribution >= 0.6 is 0 Å². The molecule has 2 aliphatic heterocycles. The lowest BCUT2D eigenvalue weighted by Gasteiger charge is -2.42. The molecule has 67 heavy (non-hydrogen) atoms. The minimum Gasteiger partial charge on any atom is -0.462 e. The summed E-state index contributed by atoms with van der Waals surface area (Å²) in [6.45, 7) is 2.38. The number of hydrogen-bond donors (Lipinski definition) is 7. The Morgan fingerprint density at radius 2 is 0.940 bits per heavy atom. The highest BCUT2D eigenvalue weighted by Gasteiger charge is 2.47. The highest BCUT2D eigenvalue weighted by molar-refractivity contribution is 5.70. The van der Waals surface area contributed by atoms with E-state index in [1.807, 2.05) is 0 Å². The number of hydrogen-bond acceptors (Lipinski definition) is 15. The molecule has 0 aromatic rings. The van der Waals surface area contributed by atoms with Crippen LogP contribution in [0.25, 0.3) is 0 Å². The molecule has 2 heterocycles. The Kier molecular flexibility index (Phi) is 35.1. The van der Waals surface area contributed by atoms with E-state index in [1.165, 1.54) is 19.3 Å². The van der Waals surface area contributed by atoms with Gasteiger partial charge in [0.15, 0.2) is 18.7 Å². The van der Waals surface area contributed by atoms with Gasteiger partial charge in [0.25, 0.3) is 0 Å². The number of esters is 2. The van der Waals surface area contributed by atoms with Crippen molar-refractivity contribution in [2.45, 2.75) is 229 Å². The zero-order valence-corrected chi connectivity index (χ0v) is 40.6. The lowest BCUT2D eigenvalue weighted by Crippen LogP contribution is -2.61. The van der Waals surface area contributed by atoms with Gasteiger partial charge in [-0.05, 0) is 70.6 Å². The lowest BCUT2D eigenvalue weighted by molar-refractivity contribution is -0.332. The first kappa shape index (κ1) is 60.3. The fraction of sp³-hybridized carbons (Fsp3) is 0.769. The maximum absolute atomic E-state index is 13.0. The first-order valence-electron chi connectivity index (χ1n) is 25.4. The maximum Gasteiger partial charge on any atom is 0.306 e. The summed E-state index contributed by atoms with van der Waals surface area (Å²) in [5.41, 5.74) is 0. The van der Waals surface area contributed by atoms with E-state index in [4.69, 9.17) is 28.4 Å². The molecule has 0 spiro atoms. The summed E-state index contributed by atoms with van der Waals surface area (Å²) in [6.07, 6.45) is 26.9. The molecule has 2 aliphatic rings. The number of aliphatic hydroxyl groups is 7. The van der Waals surface area contributed by atoms with Crippen LogP contribution in [0.2, 0.25) is 0 Å². The van der Waals surface area contributed by atoms with Gasteiger partial charge in [0.2, 0.25) is 0 Å². The number of carbonyl (C=O) groups excluding carboxylic acids is 2. The van der Waals surface area contributed by atoms with Crippen LogP contribution in [-0.2, 0) is 38.0 Å². The Labute approximate surface area is 400 Å². The van der Waals surface area contributed by atoms with Gasteiger partial charge >= 0.3 is 11.9 Å². The summed E-state index contributed by atoms with van der Waals surface area (Å²) in [5.74, 6) is -0.951. The maximum atomic E-state index is 13.0. The number of unbranched alkanes of at least 4 members (excludes halogenated alkanes) is 14. The summed E-state index contributed by atoms with van der Waals surface area (Å²) in [5, 5.41) is 72.0. The van der Waals surface area contributed by atoms with Gasteiger partial charge in [0.05, 0.1) is 19.8 Å². The van der Waals surface area contributed by atoms with Crippen LogP contribution in [0.4, 0.5) is 0 Å². The average Bonchev–Trinajstić information content (AvgIpc) is 3.32. The smallest absolute Gasteiger partial charge is 0.306 e. The van der Waals surface area contributed by atoms with Crippen molar-refractivity contribution in [3.8, 4) is 0 Å². The van der Waals surface area contributed by atoms with Gasteiger partial charge < -0.3 is 64.2 Å². The predicted octanol–water partition coefficient (Wildman–Crippen LogP) is 6.88. The zero-order chi connectivity index (χ0) is 48.9. The second-order valence-electron chi connectivity index (χ2n) is 17.6. The molecule has 11 atom stereocenters. The zero-order valence-electron chi connectivity index (χ0n) is 40.6. The third-order valence-electron chi connectivity index (χ3n) is 11.7. The number of rotatable bonds is 38. The fourth-order valence-corrected chi connectivity index (χ4v) is 7.56. The Hall–Kier alpha value is -2.80. The predicted molar refractivity (Wildman–Crippen MR) is 256 cm³/mol. The van der Waals surface area contributed by atoms with Crippen molar-refractivity contribution in [3.63, 3.8) is 0 Å². The van der Waals surface area contributed by atoms with Crippen LogP contribution in [0, 0.1) is 0 Å². The van der Waals surface area contributed by atoms with Gasteiger partial charge in [-0.1, -0.05) is 139 Å². The van der Waals surface area contributed by atoms with Crippen molar-refractivity contribution in [1.82, 2.24) is 0 Å². The normalized spacial score (nSPS) is 26.5. The second-order valence-corrected chi connectivity index (χ2v) is 17.6. The van der Waals surface area contributed by atoms with E-state index in [-0.39, 0.29) is 19.4 Å². The van der Waals surface area contributed by atoms with Gasteiger partial charge in [-0.25, -0.2) is 0 Å². The molecule has 2 fully saturated rings. The van der Waals surface area contributed by atoms with Crippen LogP contribution < -0.4 is 0 Å². The average molecular weight is 953 g/mol. The van der Waals surface area contributed by atoms with Gasteiger partial charge in [-0.3, -0.25) is 9.59 Å². The SMILES string of the molecule is CC/C=C\C/C=C\C/C=C\C/C=C\CCCCCCCCCCC(=O)OC(COC(=O)CCCCCCC/C=C\CCC)COC1OC(COC2OC(CO)C(O)C(O)C2O)C(O)C(O)C1O. The molecule has 0 aromatic heterocycles. The number of allylic oxidation sites excluding steroid dienone is 10. The van der Waals surface area contributed by atoms with Gasteiger partial charge in [-0.15, -0.1) is 0 Å². The third kappa shape index (κ3) is 27.3. The molecule has 11 unspecified atom stereocenters. The van der Waals surface area contributed by atoms with Crippen molar-refractivity contribution in [2.24, 2.45) is 0 Å². The summed E-state index contributed by atoms with van der Waals surface area (Å²) < 4.78 is 33.5. The minimum atomic E-state index is -1.77. The Morgan fingerprint density at radius 3 is 1.49 bits per heavy atom. The molecule has 15 heteroatoms. The molecular formula is C52H88O15. The molecule has 2 rings (SSSR count). The summed E-state index contributed by atoms with van der Waals surface area (Å²) in [6, 6.07) is 0. The van der Waals surface area contributed by atoms with E-state index in [0.29, 0.717) is 12.8 Å². The van der Waals surface area contributed by atoms with Crippen LogP contribution in [0.3, 0.4) is 0 Å². The lowest BCUT2D eigenvalue weighted by atomic mass is 9.98. The molecular weight excluding hydrogens is 865 g/mol. The Bertz CT molecular complexity index is 1400. The van der Waals surface area contributed by atoms with Crippen molar-refractivity contribution in [1.29, 1.82) is 0 Å². The van der Waals surface area contributed by atoms with E-state index in [1.54, 1.807) is 0 Å². The molecule has 15 nitrogen and oxygen atoms in total. The minimum absolute atomic E-state index is 0.151. The molecule has 0 amide bonds. The first-order valence-corrected chi connectivity index (χ1v) is 25.4. The van der Waals surface area contributed by atoms with Crippen molar-refractivity contribution < 1.29 is 73.8 Å². The van der Waals surface area contributed by atoms with Crippen molar-refractivity contribution >= 4 is 11.9 Å². The molecule has 0 aromatic carbocycles. The number of ether oxygens (including phenoxy) is 6. The van der Waals surface area contributed by atoms with Crippen LogP contribution in [-0.4, -0.2) is 142 Å². The van der Waals surface area contributed by atoms with Gasteiger partial charge in [0, 0.05) is 12.8 Å². The quantitative estimate of drug-likeness (QED) is 0.0190. The van der Waals surface area contributed by atoms with E-state index in [2.05, 4.69) is 74.6 Å². The van der Waals surface area contributed by atoms with Crippen LogP contribution in [0.15, 0.2) is 60.8 Å². The molecule has 0 bridgehead atoms. The Balaban J connectivity index is 1.79. The Morgan fingerprint density at radius 1 is 0.493 bits per heavy atom. The number of carbonyl (C=O) groups is 2. The van der Waals surface area contributed by atoms with E-state index >= 15 is 0 Å². The van der Waals surface area contributed by atoms with E-state index in [9.17, 15) is 45.3 Å². The fourth-order valence-electron chi connectivity index (χ4n) is 7.56. The van der Waals surface area contributed by atoms with Crippen LogP contribution in [0.5, 0.6) is 0 Å². The standard InChI is InChI=1S/C52H88O15/c1-3-5-7-9-11-13-15-16-17-18-19-20-21-22-23-24-25-27-29-31-33-35-44(55)65-40(37-62-43(54)34-32-30-28-26-14-12-10-8-6-4-2)38-63-51-50(61)48(59)46(57)42(67-51)39-64-52-49(60)47(58)45(56)41(36-53)66-52/h5,7-8,10-11,13,16-17,19-20,40-42,45-53,56-61H,3-4,6,9,12,14-15,18,21-39H2,1-2H3/b7-5-,10-8-,13-11-,17-16-,20-19-.